The van der Waals surface area contributed by atoms with Crippen LogP contribution in [0, 0.1) is 0 Å². The summed E-state index contributed by atoms with van der Waals surface area (Å²) in [7, 11) is 0. The van der Waals surface area contributed by atoms with Gasteiger partial charge in [0.1, 0.15) is 11.3 Å². The molecule has 0 aliphatic rings. The van der Waals surface area contributed by atoms with E-state index in [4.69, 9.17) is 10.5 Å². The van der Waals surface area contributed by atoms with Crippen molar-refractivity contribution in [2.75, 3.05) is 18.5 Å². The molecule has 0 aliphatic heterocycles. The normalized spacial score (nSPS) is 12.7. The summed E-state index contributed by atoms with van der Waals surface area (Å²) in [6.45, 7) is 3.84. The lowest BCUT2D eigenvalue weighted by atomic mass is 10.0. The zero-order valence-electron chi connectivity index (χ0n) is 19.5. The van der Waals surface area contributed by atoms with Gasteiger partial charge in [-0.2, -0.15) is 0 Å². The quantitative estimate of drug-likeness (QED) is 0.388. The standard InChI is InChI=1S/C28H34N2O3/c1-3-4-5-21-6-10-23(11-7-21)24-12-8-22(9-13-24)18-19-33-26-16-14-25(15-17-26)30-27(32)28(2,29)20-31/h6-17,31H,3-5,18-20,29H2,1-2H3,(H,30,32)/t28-/m0/s1. The first-order valence-corrected chi connectivity index (χ1v) is 11.5. The highest BCUT2D eigenvalue weighted by Gasteiger charge is 2.27. The Balaban J connectivity index is 1.47. The molecule has 0 aromatic heterocycles. The van der Waals surface area contributed by atoms with Gasteiger partial charge in [0.05, 0.1) is 13.2 Å². The average Bonchev–Trinajstić information content (AvgIpc) is 2.84. The maximum absolute atomic E-state index is 12.0. The third-order valence-electron chi connectivity index (χ3n) is 5.68. The number of carbonyl (C=O) groups excluding carboxylic acids is 1. The molecule has 5 heteroatoms. The van der Waals surface area contributed by atoms with Crippen LogP contribution in [-0.4, -0.2) is 29.8 Å². The van der Waals surface area contributed by atoms with E-state index in [1.165, 1.54) is 42.0 Å². The second-order valence-corrected chi connectivity index (χ2v) is 8.65. The van der Waals surface area contributed by atoms with Crippen molar-refractivity contribution >= 4 is 11.6 Å². The van der Waals surface area contributed by atoms with Crippen LogP contribution in [0.4, 0.5) is 5.69 Å². The molecule has 5 nitrogen and oxygen atoms in total. The molecule has 0 radical (unpaired) electrons. The van der Waals surface area contributed by atoms with Crippen LogP contribution >= 0.6 is 0 Å². The highest BCUT2D eigenvalue weighted by atomic mass is 16.5. The highest BCUT2D eigenvalue weighted by molar-refractivity contribution is 5.97. The molecular weight excluding hydrogens is 412 g/mol. The maximum Gasteiger partial charge on any atom is 0.246 e. The topological polar surface area (TPSA) is 84.6 Å². The minimum Gasteiger partial charge on any atom is -0.493 e. The van der Waals surface area contributed by atoms with Gasteiger partial charge in [0.2, 0.25) is 5.91 Å². The van der Waals surface area contributed by atoms with E-state index in [1.54, 1.807) is 24.3 Å². The van der Waals surface area contributed by atoms with Gasteiger partial charge in [-0.05, 0) is 66.3 Å². The lowest BCUT2D eigenvalue weighted by Gasteiger charge is -2.20. The van der Waals surface area contributed by atoms with Crippen LogP contribution in [0.1, 0.15) is 37.8 Å². The third kappa shape index (κ3) is 7.17. The fraction of sp³-hybridized carbons (Fsp3) is 0.321. The molecule has 0 aliphatic carbocycles. The summed E-state index contributed by atoms with van der Waals surface area (Å²) in [6.07, 6.45) is 4.39. The number of amides is 1. The van der Waals surface area contributed by atoms with Crippen molar-refractivity contribution in [3.8, 4) is 16.9 Å². The number of carbonyl (C=O) groups is 1. The van der Waals surface area contributed by atoms with Gasteiger partial charge < -0.3 is 20.9 Å². The Morgan fingerprint density at radius 1 is 0.909 bits per heavy atom. The molecule has 3 aromatic carbocycles. The average molecular weight is 447 g/mol. The molecule has 174 valence electrons. The van der Waals surface area contributed by atoms with Crippen LogP contribution in [0.3, 0.4) is 0 Å². The molecule has 0 fully saturated rings. The number of anilines is 1. The van der Waals surface area contributed by atoms with E-state index in [0.29, 0.717) is 12.3 Å². The summed E-state index contributed by atoms with van der Waals surface area (Å²) < 4.78 is 5.84. The molecule has 1 atom stereocenters. The Morgan fingerprint density at radius 2 is 1.45 bits per heavy atom. The Kier molecular flexibility index (Phi) is 8.64. The molecule has 3 aromatic rings. The smallest absolute Gasteiger partial charge is 0.246 e. The van der Waals surface area contributed by atoms with Crippen LogP contribution < -0.4 is 15.8 Å². The molecule has 0 unspecified atom stereocenters. The predicted molar refractivity (Wildman–Crippen MR) is 134 cm³/mol. The molecule has 1 amide bonds. The van der Waals surface area contributed by atoms with Crippen molar-refractivity contribution < 1.29 is 14.6 Å². The van der Waals surface area contributed by atoms with Crippen LogP contribution in [0.2, 0.25) is 0 Å². The monoisotopic (exact) mass is 446 g/mol. The van der Waals surface area contributed by atoms with Crippen molar-refractivity contribution in [2.24, 2.45) is 5.73 Å². The van der Waals surface area contributed by atoms with E-state index >= 15 is 0 Å². The largest absolute Gasteiger partial charge is 0.493 e. The lowest BCUT2D eigenvalue weighted by Crippen LogP contribution is -2.51. The van der Waals surface area contributed by atoms with E-state index in [-0.39, 0.29) is 0 Å². The molecule has 33 heavy (non-hydrogen) atoms. The number of rotatable bonds is 11. The summed E-state index contributed by atoms with van der Waals surface area (Å²) in [6, 6.07) is 24.6. The second kappa shape index (κ2) is 11.6. The van der Waals surface area contributed by atoms with Crippen LogP contribution in [0.15, 0.2) is 72.8 Å². The van der Waals surface area contributed by atoms with Crippen LogP contribution in [-0.2, 0) is 17.6 Å². The van der Waals surface area contributed by atoms with Gasteiger partial charge >= 0.3 is 0 Å². The van der Waals surface area contributed by atoms with Gasteiger partial charge in [-0.1, -0.05) is 61.9 Å². The predicted octanol–water partition coefficient (Wildman–Crippen LogP) is 4.97. The van der Waals surface area contributed by atoms with E-state index in [1.807, 2.05) is 0 Å². The van der Waals surface area contributed by atoms with E-state index in [0.717, 1.165) is 18.6 Å². The molecular formula is C28H34N2O3. The first-order chi connectivity index (χ1) is 15.9. The van der Waals surface area contributed by atoms with E-state index in [2.05, 4.69) is 60.8 Å². The van der Waals surface area contributed by atoms with Crippen molar-refractivity contribution in [1.29, 1.82) is 0 Å². The van der Waals surface area contributed by atoms with Crippen molar-refractivity contribution in [3.63, 3.8) is 0 Å². The Morgan fingerprint density at radius 3 is 1.97 bits per heavy atom. The van der Waals surface area contributed by atoms with Crippen LogP contribution in [0.5, 0.6) is 5.75 Å². The zero-order chi connectivity index (χ0) is 23.7. The molecule has 4 N–H and O–H groups in total. The summed E-state index contributed by atoms with van der Waals surface area (Å²) in [5.41, 5.74) is 10.1. The van der Waals surface area contributed by atoms with Gasteiger partial charge in [-0.15, -0.1) is 0 Å². The number of benzene rings is 3. The number of nitrogens with two attached hydrogens (primary N) is 1. The Hall–Kier alpha value is -3.15. The highest BCUT2D eigenvalue weighted by Crippen LogP contribution is 2.22. The minimum atomic E-state index is -1.32. The molecule has 0 heterocycles. The number of aliphatic hydroxyl groups is 1. The SMILES string of the molecule is CCCCc1ccc(-c2ccc(CCOc3ccc(NC(=O)[C@@](C)(N)CO)cc3)cc2)cc1. The number of aliphatic hydroxyl groups excluding tert-OH is 1. The molecule has 0 saturated heterocycles. The maximum atomic E-state index is 12.0. The van der Waals surface area contributed by atoms with Crippen molar-refractivity contribution in [2.45, 2.75) is 45.1 Å². The second-order valence-electron chi connectivity index (χ2n) is 8.65. The van der Waals surface area contributed by atoms with Gasteiger partial charge in [0.25, 0.3) is 0 Å². The summed E-state index contributed by atoms with van der Waals surface area (Å²) in [4.78, 5) is 12.0. The summed E-state index contributed by atoms with van der Waals surface area (Å²) >= 11 is 0. The van der Waals surface area contributed by atoms with Gasteiger partial charge in [-0.3, -0.25) is 4.79 Å². The van der Waals surface area contributed by atoms with Crippen molar-refractivity contribution in [3.05, 3.63) is 83.9 Å². The number of hydrogen-bond acceptors (Lipinski definition) is 4. The Labute approximate surface area is 196 Å². The van der Waals surface area contributed by atoms with E-state index < -0.39 is 18.1 Å². The summed E-state index contributed by atoms with van der Waals surface area (Å²) in [5, 5.41) is 11.9. The fourth-order valence-corrected chi connectivity index (χ4v) is 3.38. The molecule has 0 bridgehead atoms. The van der Waals surface area contributed by atoms with Crippen LogP contribution in [0.25, 0.3) is 11.1 Å². The first-order valence-electron chi connectivity index (χ1n) is 11.5. The third-order valence-corrected chi connectivity index (χ3v) is 5.68. The van der Waals surface area contributed by atoms with Gasteiger partial charge in [-0.25, -0.2) is 0 Å². The first kappa shape index (κ1) is 24.5. The summed E-state index contributed by atoms with van der Waals surface area (Å²) in [5.74, 6) is 0.292. The fourth-order valence-electron chi connectivity index (χ4n) is 3.38. The molecule has 3 rings (SSSR count). The van der Waals surface area contributed by atoms with Gasteiger partial charge in [0, 0.05) is 12.1 Å². The number of ether oxygens (including phenoxy) is 1. The number of aryl methyl sites for hydroxylation is 1. The van der Waals surface area contributed by atoms with Crippen molar-refractivity contribution in [1.82, 2.24) is 0 Å². The minimum absolute atomic E-state index is 0.424. The zero-order valence-corrected chi connectivity index (χ0v) is 19.5. The number of nitrogens with one attached hydrogen (secondary N) is 1. The Bertz CT molecular complexity index is 1010. The van der Waals surface area contributed by atoms with Gasteiger partial charge in [0.15, 0.2) is 0 Å². The number of hydrogen-bond donors (Lipinski definition) is 3. The lowest BCUT2D eigenvalue weighted by molar-refractivity contribution is -0.121. The molecule has 0 saturated carbocycles. The van der Waals surface area contributed by atoms with E-state index in [9.17, 15) is 9.90 Å². The number of unbranched alkanes of at least 4 members (excludes halogenated alkanes) is 1. The molecule has 0 spiro atoms.